The van der Waals surface area contributed by atoms with E-state index in [1.54, 1.807) is 10.7 Å². The number of nitrogens with one attached hydrogen (secondary N) is 4. The molecule has 1 aliphatic heterocycles. The summed E-state index contributed by atoms with van der Waals surface area (Å²) in [5, 5.41) is 32.1. The molecule has 0 saturated heterocycles. The highest BCUT2D eigenvalue weighted by atomic mass is 32.2. The van der Waals surface area contributed by atoms with Gasteiger partial charge >= 0.3 is 0 Å². The lowest BCUT2D eigenvalue weighted by molar-refractivity contribution is 0.179. The van der Waals surface area contributed by atoms with Crippen LogP contribution in [0, 0.1) is 5.92 Å². The molecule has 2 aromatic rings. The number of hydrogen-bond donors (Lipinski definition) is 6. The molecule has 2 aliphatic rings. The van der Waals surface area contributed by atoms with E-state index in [1.807, 2.05) is 19.1 Å². The fourth-order valence-corrected chi connectivity index (χ4v) is 3.41. The van der Waals surface area contributed by atoms with Crippen LogP contribution in [0.2, 0.25) is 0 Å². The number of hydrazine groups is 1. The Morgan fingerprint density at radius 2 is 2.25 bits per heavy atom. The Labute approximate surface area is 166 Å². The van der Waals surface area contributed by atoms with Crippen molar-refractivity contribution in [2.75, 3.05) is 18.4 Å². The van der Waals surface area contributed by atoms with E-state index in [1.165, 1.54) is 18.0 Å². The number of amidine groups is 1. The minimum atomic E-state index is -0.566. The number of nitrogens with zero attached hydrogens (tertiary/aromatic N) is 4. The van der Waals surface area contributed by atoms with Crippen LogP contribution in [0.25, 0.3) is 5.65 Å². The number of fused-ring (bicyclic) bond motifs is 1. The monoisotopic (exact) mass is 404 g/mol. The second kappa shape index (κ2) is 8.35. The minimum absolute atomic E-state index is 0.159. The van der Waals surface area contributed by atoms with Gasteiger partial charge in [0.1, 0.15) is 22.8 Å². The number of anilines is 1. The summed E-state index contributed by atoms with van der Waals surface area (Å²) in [7, 11) is 0. The fraction of sp³-hybridized carbons (Fsp3) is 0.471. The van der Waals surface area contributed by atoms with Crippen molar-refractivity contribution < 1.29 is 10.2 Å². The van der Waals surface area contributed by atoms with E-state index in [4.69, 9.17) is 0 Å². The number of aliphatic hydroxyl groups is 2. The topological polar surface area (TPSA) is 131 Å². The summed E-state index contributed by atoms with van der Waals surface area (Å²) in [5.41, 5.74) is 6.75. The lowest BCUT2D eigenvalue weighted by Gasteiger charge is -2.17. The largest absolute Gasteiger partial charge is 0.509 e. The van der Waals surface area contributed by atoms with Crippen molar-refractivity contribution in [1.82, 2.24) is 30.8 Å². The average Bonchev–Trinajstić information content (AvgIpc) is 3.48. The standard InChI is InChI=1S/C17H24N8O2S/c1-2-18-7-11-12(26)8-19-17(23-22-11)28-15-6-5-14-20-13(9-25(14)24-15)21-16(27)10-3-4-10/h5-6,8-11,16,18,21-22,26-27H,2-4,7H2,1H3,(H,19,23). The zero-order valence-electron chi connectivity index (χ0n) is 15.5. The van der Waals surface area contributed by atoms with Crippen molar-refractivity contribution >= 4 is 28.4 Å². The number of imidazole rings is 1. The van der Waals surface area contributed by atoms with Crippen LogP contribution in [-0.4, -0.2) is 55.3 Å². The summed E-state index contributed by atoms with van der Waals surface area (Å²) in [5.74, 6) is 1.07. The van der Waals surface area contributed by atoms with E-state index in [0.29, 0.717) is 34.1 Å². The molecule has 0 aromatic carbocycles. The van der Waals surface area contributed by atoms with Gasteiger partial charge in [-0.3, -0.25) is 5.43 Å². The SMILES string of the molecule is CCNCC1NNC(Sc2ccc3nc(NC(O)C4CC4)cn3n2)=NC=C1O. The molecular weight excluding hydrogens is 380 g/mol. The Hall–Kier alpha value is -2.34. The molecule has 28 heavy (non-hydrogen) atoms. The van der Waals surface area contributed by atoms with Crippen molar-refractivity contribution in [3.63, 3.8) is 0 Å². The van der Waals surface area contributed by atoms with Gasteiger partial charge in [0, 0.05) is 12.5 Å². The molecule has 10 nitrogen and oxygen atoms in total. The first-order valence-corrected chi connectivity index (χ1v) is 10.1. The summed E-state index contributed by atoms with van der Waals surface area (Å²) < 4.78 is 1.66. The van der Waals surface area contributed by atoms with Gasteiger partial charge in [-0.25, -0.2) is 19.9 Å². The van der Waals surface area contributed by atoms with Crippen molar-refractivity contribution in [2.45, 2.75) is 37.1 Å². The summed E-state index contributed by atoms with van der Waals surface area (Å²) in [6, 6.07) is 3.44. The Bertz CT molecular complexity index is 894. The molecule has 0 spiro atoms. The van der Waals surface area contributed by atoms with Gasteiger partial charge in [-0.2, -0.15) is 5.10 Å². The van der Waals surface area contributed by atoms with E-state index < -0.39 is 6.23 Å². The fourth-order valence-electron chi connectivity index (χ4n) is 2.73. The van der Waals surface area contributed by atoms with Gasteiger partial charge in [0.2, 0.25) is 0 Å². The average molecular weight is 405 g/mol. The zero-order valence-corrected chi connectivity index (χ0v) is 16.3. The van der Waals surface area contributed by atoms with Gasteiger partial charge in [-0.05, 0) is 43.3 Å². The molecule has 0 bridgehead atoms. The van der Waals surface area contributed by atoms with Gasteiger partial charge in [-0.15, -0.1) is 0 Å². The molecule has 150 valence electrons. The summed E-state index contributed by atoms with van der Waals surface area (Å²) in [4.78, 5) is 8.69. The molecule has 2 atom stereocenters. The van der Waals surface area contributed by atoms with Crippen LogP contribution in [0.4, 0.5) is 5.82 Å². The van der Waals surface area contributed by atoms with Gasteiger partial charge < -0.3 is 20.8 Å². The molecule has 1 saturated carbocycles. The van der Waals surface area contributed by atoms with E-state index in [-0.39, 0.29) is 11.8 Å². The predicted molar refractivity (Wildman–Crippen MR) is 108 cm³/mol. The maximum Gasteiger partial charge on any atom is 0.182 e. The zero-order chi connectivity index (χ0) is 19.5. The van der Waals surface area contributed by atoms with Crippen molar-refractivity contribution in [1.29, 1.82) is 0 Å². The van der Waals surface area contributed by atoms with Crippen LogP contribution in [0.5, 0.6) is 0 Å². The van der Waals surface area contributed by atoms with Gasteiger partial charge in [0.25, 0.3) is 0 Å². The summed E-state index contributed by atoms with van der Waals surface area (Å²) >= 11 is 1.33. The highest BCUT2D eigenvalue weighted by Crippen LogP contribution is 2.32. The number of aliphatic hydroxyl groups excluding tert-OH is 2. The first kappa shape index (κ1) is 19.0. The Balaban J connectivity index is 1.41. The first-order chi connectivity index (χ1) is 13.6. The quantitative estimate of drug-likeness (QED) is 0.371. The number of aromatic nitrogens is 3. The highest BCUT2D eigenvalue weighted by molar-refractivity contribution is 8.13. The van der Waals surface area contributed by atoms with Gasteiger partial charge in [-0.1, -0.05) is 6.92 Å². The van der Waals surface area contributed by atoms with Crippen molar-refractivity contribution in [2.24, 2.45) is 10.9 Å². The van der Waals surface area contributed by atoms with Gasteiger partial charge in [0.05, 0.1) is 18.4 Å². The first-order valence-electron chi connectivity index (χ1n) is 9.30. The van der Waals surface area contributed by atoms with Crippen LogP contribution in [0.3, 0.4) is 0 Å². The number of likely N-dealkylation sites (N-methyl/N-ethyl adjacent to an activating group) is 1. The molecule has 1 fully saturated rings. The van der Waals surface area contributed by atoms with Crippen LogP contribution in [0.1, 0.15) is 19.8 Å². The van der Waals surface area contributed by atoms with E-state index >= 15 is 0 Å². The van der Waals surface area contributed by atoms with Gasteiger partial charge in [0.15, 0.2) is 10.8 Å². The van der Waals surface area contributed by atoms with E-state index in [0.717, 1.165) is 19.4 Å². The molecule has 3 heterocycles. The van der Waals surface area contributed by atoms with Crippen LogP contribution >= 0.6 is 11.8 Å². The molecule has 2 aromatic heterocycles. The predicted octanol–water partition coefficient (Wildman–Crippen LogP) is 0.803. The highest BCUT2D eigenvalue weighted by Gasteiger charge is 2.30. The lowest BCUT2D eigenvalue weighted by Crippen LogP contribution is -2.47. The summed E-state index contributed by atoms with van der Waals surface area (Å²) in [6.45, 7) is 3.41. The number of aliphatic imine (C=N–C) groups is 1. The Morgan fingerprint density at radius 3 is 3.04 bits per heavy atom. The van der Waals surface area contributed by atoms with Crippen LogP contribution in [0.15, 0.2) is 40.3 Å². The van der Waals surface area contributed by atoms with Crippen LogP contribution in [-0.2, 0) is 0 Å². The third-order valence-corrected chi connectivity index (χ3v) is 5.31. The second-order valence-corrected chi connectivity index (χ2v) is 7.76. The molecule has 0 amide bonds. The molecule has 1 aliphatic carbocycles. The molecule has 0 radical (unpaired) electrons. The third kappa shape index (κ3) is 4.55. The number of hydrogen-bond acceptors (Lipinski definition) is 10. The van der Waals surface area contributed by atoms with Crippen LogP contribution < -0.4 is 21.5 Å². The van der Waals surface area contributed by atoms with Crippen molar-refractivity contribution in [3.8, 4) is 0 Å². The molecule has 4 rings (SSSR count). The number of thioether (sulfide) groups is 1. The normalized spacial score (nSPS) is 20.9. The lowest BCUT2D eigenvalue weighted by atomic mass is 10.2. The molecular formula is C17H24N8O2S. The Morgan fingerprint density at radius 1 is 1.39 bits per heavy atom. The Kier molecular flexibility index (Phi) is 5.67. The maximum absolute atomic E-state index is 10.1. The summed E-state index contributed by atoms with van der Waals surface area (Å²) in [6.07, 6.45) is 4.72. The second-order valence-electron chi connectivity index (χ2n) is 6.75. The minimum Gasteiger partial charge on any atom is -0.509 e. The maximum atomic E-state index is 10.1. The molecule has 11 heteroatoms. The molecule has 2 unspecified atom stereocenters. The number of rotatable bonds is 7. The van der Waals surface area contributed by atoms with E-state index in [2.05, 4.69) is 36.6 Å². The third-order valence-electron chi connectivity index (χ3n) is 4.48. The molecule has 6 N–H and O–H groups in total. The van der Waals surface area contributed by atoms with E-state index in [9.17, 15) is 10.2 Å². The smallest absolute Gasteiger partial charge is 0.182 e. The van der Waals surface area contributed by atoms with Crippen molar-refractivity contribution in [3.05, 3.63) is 30.3 Å².